The molecule has 14 heavy (non-hydrogen) atoms. The molecule has 4 nitrogen and oxygen atoms in total. The van der Waals surface area contributed by atoms with Gasteiger partial charge in [-0.2, -0.15) is 0 Å². The van der Waals surface area contributed by atoms with Gasteiger partial charge in [0.1, 0.15) is 0 Å². The minimum Gasteiger partial charge on any atom is -0.790 e. The standard InChI is InChI=1S/C8H19O4P.K/c1-2-3-4-5-6-7-8-12-13(9,10)11;/h2-8H2,1H3,(H2,9,10,11);/q;+1/p-2. The van der Waals surface area contributed by atoms with Gasteiger partial charge in [-0.15, -0.1) is 0 Å². The molecule has 0 saturated heterocycles. The van der Waals surface area contributed by atoms with E-state index >= 15 is 0 Å². The molecule has 0 aliphatic heterocycles. The van der Waals surface area contributed by atoms with Crippen molar-refractivity contribution in [2.75, 3.05) is 6.61 Å². The average Bonchev–Trinajstić information content (AvgIpc) is 2.01. The zero-order valence-electron chi connectivity index (χ0n) is 9.03. The molecule has 0 spiro atoms. The average molecular weight is 247 g/mol. The van der Waals surface area contributed by atoms with Crippen LogP contribution in [-0.2, 0) is 9.09 Å². The van der Waals surface area contributed by atoms with Crippen LogP contribution < -0.4 is 61.2 Å². The van der Waals surface area contributed by atoms with Gasteiger partial charge in [-0.05, 0) is 6.42 Å². The van der Waals surface area contributed by atoms with Gasteiger partial charge >= 0.3 is 51.4 Å². The SMILES string of the molecule is CCCCCCCCOP(=O)([O-])[O-].[K+]. The van der Waals surface area contributed by atoms with Crippen LogP contribution in [0.5, 0.6) is 0 Å². The molecule has 0 unspecified atom stereocenters. The van der Waals surface area contributed by atoms with Gasteiger partial charge in [-0.3, -0.25) is 0 Å². The van der Waals surface area contributed by atoms with Gasteiger partial charge in [0.05, 0.1) is 14.4 Å². The number of rotatable bonds is 8. The van der Waals surface area contributed by atoms with Crippen LogP contribution >= 0.6 is 7.82 Å². The van der Waals surface area contributed by atoms with Gasteiger partial charge in [0, 0.05) is 0 Å². The summed E-state index contributed by atoms with van der Waals surface area (Å²) in [5.74, 6) is 0. The van der Waals surface area contributed by atoms with Crippen LogP contribution in [0.1, 0.15) is 45.4 Å². The monoisotopic (exact) mass is 247 g/mol. The smallest absolute Gasteiger partial charge is 0.790 e. The van der Waals surface area contributed by atoms with E-state index in [9.17, 15) is 14.4 Å². The molecular weight excluding hydrogens is 230 g/mol. The van der Waals surface area contributed by atoms with E-state index in [1.807, 2.05) is 0 Å². The van der Waals surface area contributed by atoms with Crippen molar-refractivity contribution in [2.24, 2.45) is 0 Å². The predicted octanol–water partition coefficient (Wildman–Crippen LogP) is -1.80. The quantitative estimate of drug-likeness (QED) is 0.288. The van der Waals surface area contributed by atoms with E-state index in [0.717, 1.165) is 12.8 Å². The maximum atomic E-state index is 10.0. The van der Waals surface area contributed by atoms with Gasteiger partial charge in [-0.25, -0.2) is 0 Å². The fourth-order valence-corrected chi connectivity index (χ4v) is 1.41. The summed E-state index contributed by atoms with van der Waals surface area (Å²) in [5, 5.41) is 0. The summed E-state index contributed by atoms with van der Waals surface area (Å²) >= 11 is 0. The Hall–Kier alpha value is 1.75. The first-order valence-electron chi connectivity index (χ1n) is 4.73. The normalized spacial score (nSPS) is 11.1. The molecule has 0 bridgehead atoms. The van der Waals surface area contributed by atoms with Crippen molar-refractivity contribution < 1.29 is 70.3 Å². The zero-order chi connectivity index (χ0) is 10.2. The van der Waals surface area contributed by atoms with E-state index in [1.165, 1.54) is 19.3 Å². The third kappa shape index (κ3) is 16.2. The Bertz CT molecular complexity index is 159. The van der Waals surface area contributed by atoms with Crippen LogP contribution in [0.25, 0.3) is 0 Å². The molecule has 0 aromatic heterocycles. The Morgan fingerprint density at radius 1 is 1.07 bits per heavy atom. The summed E-state index contributed by atoms with van der Waals surface area (Å²) in [7, 11) is -4.73. The molecule has 0 N–H and O–H groups in total. The van der Waals surface area contributed by atoms with E-state index < -0.39 is 7.82 Å². The molecule has 80 valence electrons. The van der Waals surface area contributed by atoms with E-state index in [1.54, 1.807) is 0 Å². The van der Waals surface area contributed by atoms with E-state index in [0.29, 0.717) is 6.42 Å². The third-order valence-electron chi connectivity index (χ3n) is 1.75. The van der Waals surface area contributed by atoms with Crippen molar-refractivity contribution in [2.45, 2.75) is 45.4 Å². The molecule has 0 aliphatic carbocycles. The number of phosphoric acid groups is 1. The zero-order valence-corrected chi connectivity index (χ0v) is 13.0. The topological polar surface area (TPSA) is 72.4 Å². The Balaban J connectivity index is 0. The number of unbranched alkanes of at least 4 members (excludes halogenated alkanes) is 5. The maximum absolute atomic E-state index is 10.0. The third-order valence-corrected chi connectivity index (χ3v) is 2.25. The van der Waals surface area contributed by atoms with Crippen molar-refractivity contribution in [3.8, 4) is 0 Å². The number of hydrogen-bond donors (Lipinski definition) is 0. The second kappa shape index (κ2) is 11.2. The van der Waals surface area contributed by atoms with Crippen LogP contribution in [0.3, 0.4) is 0 Å². The van der Waals surface area contributed by atoms with Gasteiger partial charge < -0.3 is 18.9 Å². The van der Waals surface area contributed by atoms with Crippen LogP contribution in [0.4, 0.5) is 0 Å². The first kappa shape index (κ1) is 18.1. The number of phosphoric ester groups is 1. The van der Waals surface area contributed by atoms with Gasteiger partial charge in [0.25, 0.3) is 0 Å². The largest absolute Gasteiger partial charge is 1.00 e. The van der Waals surface area contributed by atoms with Crippen molar-refractivity contribution in [3.05, 3.63) is 0 Å². The van der Waals surface area contributed by atoms with Crippen LogP contribution in [-0.4, -0.2) is 6.61 Å². The van der Waals surface area contributed by atoms with Gasteiger partial charge in [-0.1, -0.05) is 39.0 Å². The summed E-state index contributed by atoms with van der Waals surface area (Å²) in [4.78, 5) is 20.0. The van der Waals surface area contributed by atoms with Crippen molar-refractivity contribution in [3.63, 3.8) is 0 Å². The van der Waals surface area contributed by atoms with Crippen molar-refractivity contribution >= 4 is 7.82 Å². The van der Waals surface area contributed by atoms with Crippen molar-refractivity contribution in [1.82, 2.24) is 0 Å². The molecule has 0 aliphatic rings. The Kier molecular flexibility index (Phi) is 14.5. The molecule has 0 heterocycles. The summed E-state index contributed by atoms with van der Waals surface area (Å²) in [5.41, 5.74) is 0. The van der Waals surface area contributed by atoms with E-state index in [2.05, 4.69) is 11.4 Å². The Labute approximate surface area is 128 Å². The molecule has 0 aromatic carbocycles. The minimum atomic E-state index is -4.73. The molecular formula is C8H17KO4P-. The molecule has 0 radical (unpaired) electrons. The molecule has 0 fully saturated rings. The molecule has 6 heteroatoms. The van der Waals surface area contributed by atoms with Crippen molar-refractivity contribution in [1.29, 1.82) is 0 Å². The minimum absolute atomic E-state index is 0. The number of hydrogen-bond acceptors (Lipinski definition) is 4. The van der Waals surface area contributed by atoms with Crippen LogP contribution in [0.15, 0.2) is 0 Å². The first-order valence-corrected chi connectivity index (χ1v) is 6.19. The van der Waals surface area contributed by atoms with Gasteiger partial charge in [0.15, 0.2) is 0 Å². The Morgan fingerprint density at radius 3 is 2.07 bits per heavy atom. The summed E-state index contributed by atoms with van der Waals surface area (Å²) in [6.45, 7) is 2.17. The van der Waals surface area contributed by atoms with E-state index in [4.69, 9.17) is 0 Å². The summed E-state index contributed by atoms with van der Waals surface area (Å²) in [6, 6.07) is 0. The van der Waals surface area contributed by atoms with Crippen LogP contribution in [0.2, 0.25) is 0 Å². The molecule has 0 rings (SSSR count). The second-order valence-corrected chi connectivity index (χ2v) is 4.20. The van der Waals surface area contributed by atoms with Crippen LogP contribution in [0, 0.1) is 0 Å². The second-order valence-electron chi connectivity index (χ2n) is 3.05. The van der Waals surface area contributed by atoms with E-state index in [-0.39, 0.29) is 58.0 Å². The fraction of sp³-hybridized carbons (Fsp3) is 1.00. The molecule has 0 saturated carbocycles. The molecule has 0 atom stereocenters. The molecule has 0 aromatic rings. The Morgan fingerprint density at radius 2 is 1.57 bits per heavy atom. The summed E-state index contributed by atoms with van der Waals surface area (Å²) < 4.78 is 14.1. The molecule has 0 amide bonds. The maximum Gasteiger partial charge on any atom is 1.00 e. The fourth-order valence-electron chi connectivity index (χ4n) is 1.06. The predicted molar refractivity (Wildman–Crippen MR) is 46.9 cm³/mol. The van der Waals surface area contributed by atoms with Gasteiger partial charge in [0.2, 0.25) is 0 Å². The first-order chi connectivity index (χ1) is 6.06. The summed E-state index contributed by atoms with van der Waals surface area (Å²) in [6.07, 6.45) is 6.23.